The van der Waals surface area contributed by atoms with Crippen LogP contribution in [0.25, 0.3) is 0 Å². The number of hydrogen-bond donors (Lipinski definition) is 1. The molecule has 0 bridgehead atoms. The van der Waals surface area contributed by atoms with Crippen molar-refractivity contribution in [3.8, 4) is 0 Å². The number of hydrogen-bond acceptors (Lipinski definition) is 4. The number of nitrogens with zero attached hydrogens (tertiary/aromatic N) is 3. The van der Waals surface area contributed by atoms with E-state index in [0.29, 0.717) is 5.92 Å². The van der Waals surface area contributed by atoms with Crippen molar-refractivity contribution in [2.45, 2.75) is 26.3 Å². The molecule has 0 saturated carbocycles. The summed E-state index contributed by atoms with van der Waals surface area (Å²) in [6.45, 7) is 8.94. The number of aromatic nitrogens is 2. The number of piperazine rings is 1. The van der Waals surface area contributed by atoms with E-state index in [1.54, 1.807) is 6.20 Å². The summed E-state index contributed by atoms with van der Waals surface area (Å²) >= 11 is 6.09. The Kier molecular flexibility index (Phi) is 5.21. The molecule has 2 aromatic rings. The van der Waals surface area contributed by atoms with Crippen molar-refractivity contribution >= 4 is 17.3 Å². The molecule has 1 N–H and O–H groups in total. The van der Waals surface area contributed by atoms with E-state index in [-0.39, 0.29) is 10.6 Å². The van der Waals surface area contributed by atoms with Gasteiger partial charge in [-0.1, -0.05) is 49.7 Å². The first-order chi connectivity index (χ1) is 11.5. The predicted octanol–water partition coefficient (Wildman–Crippen LogP) is 2.87. The van der Waals surface area contributed by atoms with Crippen molar-refractivity contribution in [2.24, 2.45) is 0 Å². The number of halogens is 1. The summed E-state index contributed by atoms with van der Waals surface area (Å²) in [4.78, 5) is 16.1. The zero-order valence-corrected chi connectivity index (χ0v) is 14.9. The highest BCUT2D eigenvalue weighted by atomic mass is 35.5. The number of anilines is 1. The molecule has 1 fully saturated rings. The van der Waals surface area contributed by atoms with Crippen molar-refractivity contribution in [2.75, 3.05) is 31.1 Å². The topological polar surface area (TPSA) is 52.2 Å². The summed E-state index contributed by atoms with van der Waals surface area (Å²) in [5, 5.41) is 6.44. The molecule has 6 heteroatoms. The summed E-state index contributed by atoms with van der Waals surface area (Å²) < 4.78 is 0. The molecule has 5 nitrogen and oxygen atoms in total. The van der Waals surface area contributed by atoms with Crippen molar-refractivity contribution in [3.05, 3.63) is 57.0 Å². The van der Waals surface area contributed by atoms with Crippen LogP contribution in [0.15, 0.2) is 35.3 Å². The highest BCUT2D eigenvalue weighted by Gasteiger charge is 2.20. The first-order valence-electron chi connectivity index (χ1n) is 8.34. The van der Waals surface area contributed by atoms with Crippen molar-refractivity contribution < 1.29 is 0 Å². The van der Waals surface area contributed by atoms with Gasteiger partial charge in [0.1, 0.15) is 5.02 Å². The Morgan fingerprint density at radius 3 is 2.46 bits per heavy atom. The third-order valence-corrected chi connectivity index (χ3v) is 4.91. The third-order valence-electron chi connectivity index (χ3n) is 4.54. The van der Waals surface area contributed by atoms with Crippen LogP contribution in [0.1, 0.15) is 30.9 Å². The van der Waals surface area contributed by atoms with Crippen LogP contribution in [0.5, 0.6) is 0 Å². The Morgan fingerprint density at radius 2 is 1.83 bits per heavy atom. The van der Waals surface area contributed by atoms with E-state index in [0.717, 1.165) is 38.4 Å². The molecule has 1 aromatic heterocycles. The molecule has 1 aliphatic rings. The van der Waals surface area contributed by atoms with E-state index in [1.165, 1.54) is 11.1 Å². The molecule has 0 amide bonds. The normalized spacial score (nSPS) is 15.9. The molecule has 0 atom stereocenters. The summed E-state index contributed by atoms with van der Waals surface area (Å²) in [7, 11) is 0. The molecule has 0 spiro atoms. The molecular weight excluding hydrogens is 324 g/mol. The van der Waals surface area contributed by atoms with Crippen molar-refractivity contribution in [1.29, 1.82) is 0 Å². The predicted molar refractivity (Wildman–Crippen MR) is 97.9 cm³/mol. The van der Waals surface area contributed by atoms with Crippen LogP contribution < -0.4 is 10.5 Å². The third kappa shape index (κ3) is 3.79. The Morgan fingerprint density at radius 1 is 1.17 bits per heavy atom. The first kappa shape index (κ1) is 17.0. The minimum Gasteiger partial charge on any atom is -0.366 e. The quantitative estimate of drug-likeness (QED) is 0.924. The Labute approximate surface area is 147 Å². The van der Waals surface area contributed by atoms with E-state index in [4.69, 9.17) is 11.6 Å². The van der Waals surface area contributed by atoms with Crippen LogP contribution in [-0.2, 0) is 6.54 Å². The van der Waals surface area contributed by atoms with Crippen molar-refractivity contribution in [3.63, 3.8) is 0 Å². The smallest absolute Gasteiger partial charge is 0.285 e. The first-order valence-corrected chi connectivity index (χ1v) is 8.71. The van der Waals surface area contributed by atoms with Gasteiger partial charge in [-0.05, 0) is 17.0 Å². The standard InChI is InChI=1S/C18H23ClN4O/c1-13(2)15-5-3-14(4-6-15)12-22-7-9-23(10-8-22)16-11-20-21-18(24)17(16)19/h3-6,11,13H,7-10,12H2,1-2H3,(H,21,24). The summed E-state index contributed by atoms with van der Waals surface area (Å²) in [5.74, 6) is 0.565. The fraction of sp³-hybridized carbons (Fsp3) is 0.444. The summed E-state index contributed by atoms with van der Waals surface area (Å²) in [6.07, 6.45) is 1.63. The van der Waals surface area contributed by atoms with Gasteiger partial charge in [-0.15, -0.1) is 0 Å². The van der Waals surface area contributed by atoms with Gasteiger partial charge in [-0.2, -0.15) is 5.10 Å². The number of rotatable bonds is 4. The lowest BCUT2D eigenvalue weighted by Gasteiger charge is -2.36. The molecule has 24 heavy (non-hydrogen) atoms. The fourth-order valence-electron chi connectivity index (χ4n) is 3.01. The van der Waals surface area contributed by atoms with Gasteiger partial charge < -0.3 is 4.90 Å². The van der Waals surface area contributed by atoms with Crippen LogP contribution in [0.2, 0.25) is 5.02 Å². The monoisotopic (exact) mass is 346 g/mol. The number of H-pyrrole nitrogens is 1. The molecule has 1 saturated heterocycles. The van der Waals surface area contributed by atoms with Crippen LogP contribution >= 0.6 is 11.6 Å². The molecule has 0 aliphatic carbocycles. The highest BCUT2D eigenvalue weighted by Crippen LogP contribution is 2.22. The molecular formula is C18H23ClN4O. The molecule has 1 aliphatic heterocycles. The van der Waals surface area contributed by atoms with Gasteiger partial charge in [0.25, 0.3) is 5.56 Å². The van der Waals surface area contributed by atoms with Gasteiger partial charge in [0.05, 0.1) is 11.9 Å². The minimum atomic E-state index is -0.332. The highest BCUT2D eigenvalue weighted by molar-refractivity contribution is 6.32. The maximum Gasteiger partial charge on any atom is 0.285 e. The second-order valence-corrected chi connectivity index (χ2v) is 6.94. The lowest BCUT2D eigenvalue weighted by Crippen LogP contribution is -2.46. The zero-order chi connectivity index (χ0) is 17.1. The largest absolute Gasteiger partial charge is 0.366 e. The van der Waals surface area contributed by atoms with Gasteiger partial charge in [0.15, 0.2) is 0 Å². The average molecular weight is 347 g/mol. The van der Waals surface area contributed by atoms with Crippen LogP contribution in [0.4, 0.5) is 5.69 Å². The molecule has 3 rings (SSSR count). The fourth-order valence-corrected chi connectivity index (χ4v) is 3.22. The number of aromatic amines is 1. The summed E-state index contributed by atoms with van der Waals surface area (Å²) in [5.41, 5.74) is 3.10. The Bertz CT molecular complexity index is 733. The van der Waals surface area contributed by atoms with E-state index in [1.807, 2.05) is 0 Å². The maximum atomic E-state index is 11.6. The van der Waals surface area contributed by atoms with E-state index in [9.17, 15) is 4.79 Å². The Balaban J connectivity index is 1.59. The average Bonchev–Trinajstić information content (AvgIpc) is 2.59. The van der Waals surface area contributed by atoms with Crippen molar-refractivity contribution in [1.82, 2.24) is 15.1 Å². The molecule has 128 valence electrons. The second kappa shape index (κ2) is 7.36. The minimum absolute atomic E-state index is 0.225. The van der Waals surface area contributed by atoms with Crippen LogP contribution in [-0.4, -0.2) is 41.3 Å². The van der Waals surface area contributed by atoms with E-state index >= 15 is 0 Å². The second-order valence-electron chi connectivity index (χ2n) is 6.56. The van der Waals surface area contributed by atoms with Crippen LogP contribution in [0.3, 0.4) is 0 Å². The van der Waals surface area contributed by atoms with Gasteiger partial charge in [0, 0.05) is 32.7 Å². The molecule has 1 aromatic carbocycles. The molecule has 0 radical (unpaired) electrons. The van der Waals surface area contributed by atoms with E-state index in [2.05, 4.69) is 58.1 Å². The van der Waals surface area contributed by atoms with Gasteiger partial charge >= 0.3 is 0 Å². The summed E-state index contributed by atoms with van der Waals surface area (Å²) in [6, 6.07) is 8.88. The molecule has 0 unspecified atom stereocenters. The Hall–Kier alpha value is -1.85. The van der Waals surface area contributed by atoms with Crippen LogP contribution in [0, 0.1) is 0 Å². The van der Waals surface area contributed by atoms with Gasteiger partial charge in [0.2, 0.25) is 0 Å². The number of nitrogens with one attached hydrogen (secondary N) is 1. The van der Waals surface area contributed by atoms with Gasteiger partial charge in [-0.3, -0.25) is 9.69 Å². The lowest BCUT2D eigenvalue weighted by atomic mass is 10.0. The zero-order valence-electron chi connectivity index (χ0n) is 14.1. The maximum absolute atomic E-state index is 11.6. The van der Waals surface area contributed by atoms with E-state index < -0.39 is 0 Å². The SMILES string of the molecule is CC(C)c1ccc(CN2CCN(c3cn[nH]c(=O)c3Cl)CC2)cc1. The lowest BCUT2D eigenvalue weighted by molar-refractivity contribution is 0.250. The number of benzene rings is 1. The molecule has 2 heterocycles. The van der Waals surface area contributed by atoms with Gasteiger partial charge in [-0.25, -0.2) is 5.10 Å².